The highest BCUT2D eigenvalue weighted by molar-refractivity contribution is 7.99. The number of carboxylic acids is 1. The van der Waals surface area contributed by atoms with E-state index < -0.39 is 36.3 Å². The van der Waals surface area contributed by atoms with Crippen LogP contribution in [0.4, 0.5) is 18.9 Å². The number of rotatable bonds is 9. The summed E-state index contributed by atoms with van der Waals surface area (Å²) in [6.07, 6.45) is -6.07. The molecule has 2 fully saturated rings. The first-order chi connectivity index (χ1) is 21.9. The largest absolute Gasteiger partial charge is 0.478 e. The number of aromatic carboxylic acids is 1. The Hall–Kier alpha value is -3.91. The number of alkyl halides is 3. The van der Waals surface area contributed by atoms with Gasteiger partial charge in [0.1, 0.15) is 6.04 Å². The molecule has 3 N–H and O–H groups in total. The van der Waals surface area contributed by atoms with Crippen molar-refractivity contribution in [3.63, 3.8) is 0 Å². The van der Waals surface area contributed by atoms with Crippen molar-refractivity contribution in [2.75, 3.05) is 17.6 Å². The van der Waals surface area contributed by atoms with Gasteiger partial charge in [-0.3, -0.25) is 9.59 Å². The Kier molecular flexibility index (Phi) is 10.4. The van der Waals surface area contributed by atoms with Crippen molar-refractivity contribution in [3.05, 3.63) is 95.1 Å². The molecule has 0 aliphatic carbocycles. The molecule has 2 amide bonds. The van der Waals surface area contributed by atoms with Crippen LogP contribution in [0.25, 0.3) is 0 Å². The summed E-state index contributed by atoms with van der Waals surface area (Å²) in [5.41, 5.74) is 2.85. The summed E-state index contributed by atoms with van der Waals surface area (Å²) < 4.78 is 51.9. The zero-order valence-corrected chi connectivity index (χ0v) is 25.6. The van der Waals surface area contributed by atoms with Gasteiger partial charge in [0.15, 0.2) is 6.29 Å². The number of amides is 2. The van der Waals surface area contributed by atoms with E-state index in [1.54, 1.807) is 48.5 Å². The van der Waals surface area contributed by atoms with Gasteiger partial charge in [0.05, 0.1) is 24.4 Å². The van der Waals surface area contributed by atoms with Gasteiger partial charge in [-0.15, -0.1) is 11.8 Å². The molecule has 3 aromatic rings. The minimum Gasteiger partial charge on any atom is -0.478 e. The second-order valence-electron chi connectivity index (χ2n) is 11.2. The Labute approximate surface area is 267 Å². The summed E-state index contributed by atoms with van der Waals surface area (Å²) in [4.78, 5) is 37.3. The molecule has 0 spiro atoms. The Morgan fingerprint density at radius 2 is 1.61 bits per heavy atom. The van der Waals surface area contributed by atoms with Gasteiger partial charge in [0.25, 0.3) is 0 Å². The normalized spacial score (nSPS) is 23.2. The number of aliphatic hydroxyl groups excluding tert-OH is 1. The summed E-state index contributed by atoms with van der Waals surface area (Å²) in [5, 5.41) is 21.3. The fourth-order valence-electron chi connectivity index (χ4n) is 5.58. The number of hydrogen-bond acceptors (Lipinski definition) is 7. The third-order valence-electron chi connectivity index (χ3n) is 8.15. The molecule has 13 heteroatoms. The van der Waals surface area contributed by atoms with Crippen LogP contribution < -0.4 is 5.32 Å². The molecule has 2 aliphatic heterocycles. The van der Waals surface area contributed by atoms with E-state index >= 15 is 0 Å². The number of carbonyl (C=O) groups is 3. The molecule has 3 aromatic carbocycles. The van der Waals surface area contributed by atoms with Gasteiger partial charge >= 0.3 is 18.1 Å². The highest BCUT2D eigenvalue weighted by Gasteiger charge is 2.47. The number of carboxylic acid groups (broad SMARTS) is 1. The standard InChI is InChI=1S/C33H33F3N2O7S/c1-19-27(18-46-25-14-10-22(11-15-25)30(41)42)44-31(45-28(19)21-6-4-20(17-39)5-7-21)23-8-12-24(13-9-23)37-29(40)26-3-2-16-38(26)32(43)33(34,35)36/h4-15,19,26-28,31,39H,2-3,16-18H2,1H3,(H,37,40)(H,41,42). The lowest BCUT2D eigenvalue weighted by Crippen LogP contribution is -2.48. The highest BCUT2D eigenvalue weighted by Crippen LogP contribution is 2.43. The highest BCUT2D eigenvalue weighted by atomic mass is 32.2. The summed E-state index contributed by atoms with van der Waals surface area (Å²) in [6.45, 7) is 1.79. The molecule has 5 unspecified atom stereocenters. The SMILES string of the molecule is CC1C(CSc2ccc(C(=O)O)cc2)OC(c2ccc(NC(=O)C3CCCN3C(=O)C(F)(F)F)cc2)OC1c1ccc(CO)cc1. The molecule has 46 heavy (non-hydrogen) atoms. The van der Waals surface area contributed by atoms with Crippen LogP contribution in [0.3, 0.4) is 0 Å². The van der Waals surface area contributed by atoms with Crippen LogP contribution in [0, 0.1) is 5.92 Å². The first kappa shape index (κ1) is 33.5. The second kappa shape index (κ2) is 14.2. The molecule has 0 bridgehead atoms. The number of ether oxygens (including phenoxy) is 2. The molecular formula is C33H33F3N2O7S. The number of thioether (sulfide) groups is 1. The van der Waals surface area contributed by atoms with E-state index in [2.05, 4.69) is 5.32 Å². The first-order valence-electron chi connectivity index (χ1n) is 14.7. The number of anilines is 1. The van der Waals surface area contributed by atoms with Gasteiger partial charge < -0.3 is 29.9 Å². The van der Waals surface area contributed by atoms with Crippen molar-refractivity contribution in [2.24, 2.45) is 5.92 Å². The lowest BCUT2D eigenvalue weighted by Gasteiger charge is -2.41. The second-order valence-corrected chi connectivity index (χ2v) is 12.3. The molecule has 2 heterocycles. The molecule has 0 radical (unpaired) electrons. The van der Waals surface area contributed by atoms with Gasteiger partial charge in [0, 0.05) is 34.4 Å². The van der Waals surface area contributed by atoms with Crippen LogP contribution >= 0.6 is 11.8 Å². The molecule has 2 aliphatic rings. The number of halogens is 3. The number of likely N-dealkylation sites (tertiary alicyclic amines) is 1. The van der Waals surface area contributed by atoms with E-state index in [0.29, 0.717) is 28.3 Å². The molecular weight excluding hydrogens is 625 g/mol. The van der Waals surface area contributed by atoms with Gasteiger partial charge in [0.2, 0.25) is 5.91 Å². The van der Waals surface area contributed by atoms with E-state index in [9.17, 15) is 37.8 Å². The van der Waals surface area contributed by atoms with Crippen LogP contribution in [-0.2, 0) is 25.7 Å². The fourth-order valence-corrected chi connectivity index (χ4v) is 6.64. The van der Waals surface area contributed by atoms with Gasteiger partial charge in [-0.1, -0.05) is 43.3 Å². The number of carbonyl (C=O) groups excluding carboxylic acids is 2. The third kappa shape index (κ3) is 7.72. The number of nitrogens with one attached hydrogen (secondary N) is 1. The monoisotopic (exact) mass is 658 g/mol. The molecule has 0 aromatic heterocycles. The first-order valence-corrected chi connectivity index (χ1v) is 15.7. The maximum Gasteiger partial charge on any atom is 0.471 e. The maximum atomic E-state index is 13.0. The Morgan fingerprint density at radius 3 is 2.22 bits per heavy atom. The minimum atomic E-state index is -5.05. The number of hydrogen-bond donors (Lipinski definition) is 3. The minimum absolute atomic E-state index is 0.0886. The Morgan fingerprint density at radius 1 is 0.957 bits per heavy atom. The molecule has 5 atom stereocenters. The Balaban J connectivity index is 1.31. The molecule has 9 nitrogen and oxygen atoms in total. The molecule has 2 saturated heterocycles. The van der Waals surface area contributed by atoms with E-state index in [4.69, 9.17) is 9.47 Å². The van der Waals surface area contributed by atoms with Crippen molar-refractivity contribution in [1.29, 1.82) is 0 Å². The average molecular weight is 659 g/mol. The summed E-state index contributed by atoms with van der Waals surface area (Å²) in [5.74, 6) is -3.26. The predicted octanol–water partition coefficient (Wildman–Crippen LogP) is 5.95. The zero-order chi connectivity index (χ0) is 33.0. The number of nitrogens with zero attached hydrogens (tertiary/aromatic N) is 1. The smallest absolute Gasteiger partial charge is 0.471 e. The van der Waals surface area contributed by atoms with Gasteiger partial charge in [-0.05, 0) is 60.4 Å². The van der Waals surface area contributed by atoms with E-state index in [0.717, 1.165) is 16.0 Å². The summed E-state index contributed by atoms with van der Waals surface area (Å²) in [6, 6.07) is 19.4. The maximum absolute atomic E-state index is 13.0. The van der Waals surface area contributed by atoms with Crippen LogP contribution in [0.15, 0.2) is 77.7 Å². The van der Waals surface area contributed by atoms with Crippen molar-refractivity contribution < 1.29 is 47.2 Å². The Bertz CT molecular complexity index is 1530. The molecule has 5 rings (SSSR count). The van der Waals surface area contributed by atoms with Crippen LogP contribution in [0.1, 0.15) is 59.2 Å². The van der Waals surface area contributed by atoms with E-state index in [1.807, 2.05) is 31.2 Å². The lowest BCUT2D eigenvalue weighted by molar-refractivity contribution is -0.268. The summed E-state index contributed by atoms with van der Waals surface area (Å²) >= 11 is 1.52. The zero-order valence-electron chi connectivity index (χ0n) is 24.8. The van der Waals surface area contributed by atoms with Crippen LogP contribution in [-0.4, -0.2) is 63.5 Å². The van der Waals surface area contributed by atoms with Gasteiger partial charge in [-0.2, -0.15) is 13.2 Å². The van der Waals surface area contributed by atoms with E-state index in [1.165, 1.54) is 11.8 Å². The van der Waals surface area contributed by atoms with Crippen molar-refractivity contribution in [3.8, 4) is 0 Å². The fraction of sp³-hybridized carbons (Fsp3) is 0.364. The van der Waals surface area contributed by atoms with Crippen LogP contribution in [0.2, 0.25) is 0 Å². The average Bonchev–Trinajstić information content (AvgIpc) is 3.54. The van der Waals surface area contributed by atoms with E-state index in [-0.39, 0.29) is 43.3 Å². The van der Waals surface area contributed by atoms with Crippen molar-refractivity contribution >= 4 is 35.2 Å². The van der Waals surface area contributed by atoms with Crippen LogP contribution in [0.5, 0.6) is 0 Å². The predicted molar refractivity (Wildman–Crippen MR) is 163 cm³/mol. The molecule has 0 saturated carbocycles. The van der Waals surface area contributed by atoms with Crippen molar-refractivity contribution in [2.45, 2.75) is 62.0 Å². The van der Waals surface area contributed by atoms with Gasteiger partial charge in [-0.25, -0.2) is 4.79 Å². The number of benzene rings is 3. The third-order valence-corrected chi connectivity index (χ3v) is 9.25. The molecule has 244 valence electrons. The topological polar surface area (TPSA) is 125 Å². The lowest BCUT2D eigenvalue weighted by atomic mass is 9.91. The summed E-state index contributed by atoms with van der Waals surface area (Å²) in [7, 11) is 0. The van der Waals surface area contributed by atoms with Crippen molar-refractivity contribution in [1.82, 2.24) is 4.90 Å². The quantitative estimate of drug-likeness (QED) is 0.241. The number of aliphatic hydroxyl groups is 1.